The number of Topliss-reactive ketones (excluding diaryl/α,β-unsaturated/α-hetero) is 1. The molecule has 0 fully saturated rings. The van der Waals surface area contributed by atoms with E-state index in [2.05, 4.69) is 5.32 Å². The van der Waals surface area contributed by atoms with Gasteiger partial charge in [-0.3, -0.25) is 10.1 Å². The lowest BCUT2D eigenvalue weighted by Gasteiger charge is -2.32. The Morgan fingerprint density at radius 2 is 2.09 bits per heavy atom. The first-order valence-corrected chi connectivity index (χ1v) is 7.94. The minimum Gasteiger partial charge on any atom is -0.388 e. The smallest absolute Gasteiger partial charge is 0.166 e. The number of rotatable bonds is 8. The van der Waals surface area contributed by atoms with Crippen molar-refractivity contribution in [3.05, 3.63) is 60.2 Å². The zero-order valence-corrected chi connectivity index (χ0v) is 13.7. The van der Waals surface area contributed by atoms with E-state index in [1.807, 2.05) is 55.5 Å². The van der Waals surface area contributed by atoms with Gasteiger partial charge in [-0.05, 0) is 13.0 Å². The molecule has 1 aromatic rings. The van der Waals surface area contributed by atoms with Crippen LogP contribution in [0.3, 0.4) is 0 Å². The molecule has 0 saturated carbocycles. The maximum Gasteiger partial charge on any atom is 0.166 e. The van der Waals surface area contributed by atoms with Crippen LogP contribution in [0.4, 0.5) is 0 Å². The van der Waals surface area contributed by atoms with E-state index in [4.69, 9.17) is 4.74 Å². The summed E-state index contributed by atoms with van der Waals surface area (Å²) in [5.74, 6) is 0.0525. The van der Waals surface area contributed by atoms with Gasteiger partial charge in [0, 0.05) is 18.1 Å². The molecule has 3 unspecified atom stereocenters. The SMILES string of the molecule is COC(CC(=O)c1ccccc1)NCCC1(C)C=CC=CC1O. The fourth-order valence-corrected chi connectivity index (χ4v) is 2.65. The molecule has 3 atom stereocenters. The molecule has 0 radical (unpaired) electrons. The highest BCUT2D eigenvalue weighted by atomic mass is 16.5. The van der Waals surface area contributed by atoms with Crippen molar-refractivity contribution in [1.29, 1.82) is 0 Å². The Balaban J connectivity index is 1.82. The molecule has 0 saturated heterocycles. The average molecular weight is 315 g/mol. The molecule has 1 aliphatic rings. The first kappa shape index (κ1) is 17.6. The number of ketones is 1. The molecule has 0 heterocycles. The van der Waals surface area contributed by atoms with Gasteiger partial charge in [-0.2, -0.15) is 0 Å². The van der Waals surface area contributed by atoms with Gasteiger partial charge in [0.15, 0.2) is 5.78 Å². The van der Waals surface area contributed by atoms with Gasteiger partial charge >= 0.3 is 0 Å². The van der Waals surface area contributed by atoms with Crippen molar-refractivity contribution in [2.24, 2.45) is 5.41 Å². The van der Waals surface area contributed by atoms with E-state index < -0.39 is 6.10 Å². The summed E-state index contributed by atoms with van der Waals surface area (Å²) in [7, 11) is 1.59. The Morgan fingerprint density at radius 3 is 2.74 bits per heavy atom. The normalized spacial score (nSPS) is 24.6. The monoisotopic (exact) mass is 315 g/mol. The number of methoxy groups -OCH3 is 1. The number of aliphatic hydroxyl groups excluding tert-OH is 1. The highest BCUT2D eigenvalue weighted by molar-refractivity contribution is 5.96. The van der Waals surface area contributed by atoms with Crippen LogP contribution in [-0.2, 0) is 4.74 Å². The largest absolute Gasteiger partial charge is 0.388 e. The number of carbonyl (C=O) groups is 1. The molecule has 124 valence electrons. The van der Waals surface area contributed by atoms with E-state index in [9.17, 15) is 9.90 Å². The summed E-state index contributed by atoms with van der Waals surface area (Å²) in [5, 5.41) is 13.3. The summed E-state index contributed by atoms with van der Waals surface area (Å²) in [5.41, 5.74) is 0.405. The van der Waals surface area contributed by atoms with Crippen molar-refractivity contribution in [2.45, 2.75) is 32.1 Å². The van der Waals surface area contributed by atoms with E-state index in [1.54, 1.807) is 13.2 Å². The van der Waals surface area contributed by atoms with Gasteiger partial charge in [0.25, 0.3) is 0 Å². The second-order valence-corrected chi connectivity index (χ2v) is 6.12. The quantitative estimate of drug-likeness (QED) is 0.572. The minimum atomic E-state index is -0.485. The maximum atomic E-state index is 12.2. The highest BCUT2D eigenvalue weighted by Crippen LogP contribution is 2.31. The van der Waals surface area contributed by atoms with Crippen LogP contribution in [0.25, 0.3) is 0 Å². The lowest BCUT2D eigenvalue weighted by molar-refractivity contribution is 0.0516. The molecule has 4 nitrogen and oxygen atoms in total. The van der Waals surface area contributed by atoms with Crippen molar-refractivity contribution in [1.82, 2.24) is 5.32 Å². The molecular weight excluding hydrogens is 290 g/mol. The Labute approximate surface area is 137 Å². The molecule has 2 N–H and O–H groups in total. The van der Waals surface area contributed by atoms with Crippen LogP contribution in [0.5, 0.6) is 0 Å². The molecule has 0 aromatic heterocycles. The zero-order valence-electron chi connectivity index (χ0n) is 13.7. The highest BCUT2D eigenvalue weighted by Gasteiger charge is 2.29. The van der Waals surface area contributed by atoms with Gasteiger partial charge < -0.3 is 9.84 Å². The number of ether oxygens (including phenoxy) is 1. The lowest BCUT2D eigenvalue weighted by atomic mass is 9.78. The molecular formula is C19H25NO3. The van der Waals surface area contributed by atoms with Gasteiger partial charge in [0.2, 0.25) is 0 Å². The summed E-state index contributed by atoms with van der Waals surface area (Å²) in [6.45, 7) is 2.68. The fourth-order valence-electron chi connectivity index (χ4n) is 2.65. The van der Waals surface area contributed by atoms with Gasteiger partial charge in [0.05, 0.1) is 12.5 Å². The summed E-state index contributed by atoms with van der Waals surface area (Å²) < 4.78 is 5.37. The first-order chi connectivity index (χ1) is 11.0. The van der Waals surface area contributed by atoms with Crippen LogP contribution in [0.1, 0.15) is 30.1 Å². The first-order valence-electron chi connectivity index (χ1n) is 7.94. The second-order valence-electron chi connectivity index (χ2n) is 6.12. The Morgan fingerprint density at radius 1 is 1.35 bits per heavy atom. The molecule has 0 bridgehead atoms. The lowest BCUT2D eigenvalue weighted by Crippen LogP contribution is -2.38. The molecule has 4 heteroatoms. The van der Waals surface area contributed by atoms with E-state index in [1.165, 1.54) is 0 Å². The van der Waals surface area contributed by atoms with Gasteiger partial charge in [-0.1, -0.05) is 61.6 Å². The molecule has 1 aromatic carbocycles. The van der Waals surface area contributed by atoms with Gasteiger partial charge in [-0.25, -0.2) is 0 Å². The molecule has 0 aliphatic heterocycles. The number of nitrogens with one attached hydrogen (secondary N) is 1. The number of allylic oxidation sites excluding steroid dienone is 2. The van der Waals surface area contributed by atoms with Crippen molar-refractivity contribution >= 4 is 5.78 Å². The zero-order chi connectivity index (χ0) is 16.7. The Kier molecular flexibility index (Phi) is 6.28. The molecule has 0 amide bonds. The average Bonchev–Trinajstić information content (AvgIpc) is 2.57. The summed E-state index contributed by atoms with van der Waals surface area (Å²) in [6, 6.07) is 9.22. The summed E-state index contributed by atoms with van der Waals surface area (Å²) in [6.07, 6.45) is 7.87. The van der Waals surface area contributed by atoms with Crippen LogP contribution >= 0.6 is 0 Å². The standard InChI is InChI=1S/C19H25NO3/c1-19(11-7-6-10-17(19)22)12-13-20-18(23-2)14-16(21)15-8-4-3-5-9-15/h3-11,17-18,20,22H,12-14H2,1-2H3. The predicted octanol–water partition coefficient (Wildman–Crippen LogP) is 2.70. The van der Waals surface area contributed by atoms with E-state index in [0.717, 1.165) is 6.42 Å². The summed E-state index contributed by atoms with van der Waals surface area (Å²) >= 11 is 0. The van der Waals surface area contributed by atoms with Crippen molar-refractivity contribution in [2.75, 3.05) is 13.7 Å². The van der Waals surface area contributed by atoms with Crippen LogP contribution in [0.15, 0.2) is 54.6 Å². The van der Waals surface area contributed by atoms with Crippen LogP contribution in [0, 0.1) is 5.41 Å². The number of carbonyl (C=O) groups excluding carboxylic acids is 1. The molecule has 0 spiro atoms. The van der Waals surface area contributed by atoms with E-state index in [-0.39, 0.29) is 23.8 Å². The third kappa shape index (κ3) is 4.86. The Bertz CT molecular complexity index is 567. The van der Waals surface area contributed by atoms with Gasteiger partial charge in [0.1, 0.15) is 6.23 Å². The molecule has 2 rings (SSSR count). The topological polar surface area (TPSA) is 58.6 Å². The number of benzene rings is 1. The minimum absolute atomic E-state index is 0.0525. The number of hydrogen-bond acceptors (Lipinski definition) is 4. The van der Waals surface area contributed by atoms with Crippen LogP contribution in [-0.4, -0.2) is 36.9 Å². The van der Waals surface area contributed by atoms with E-state index >= 15 is 0 Å². The van der Waals surface area contributed by atoms with E-state index in [0.29, 0.717) is 12.1 Å². The maximum absolute atomic E-state index is 12.2. The predicted molar refractivity (Wildman–Crippen MR) is 91.2 cm³/mol. The van der Waals surface area contributed by atoms with Crippen LogP contribution in [0.2, 0.25) is 0 Å². The third-order valence-electron chi connectivity index (χ3n) is 4.34. The molecule has 23 heavy (non-hydrogen) atoms. The Hall–Kier alpha value is -1.75. The van der Waals surface area contributed by atoms with Crippen molar-refractivity contribution < 1.29 is 14.6 Å². The van der Waals surface area contributed by atoms with Crippen molar-refractivity contribution in [3.8, 4) is 0 Å². The fraction of sp³-hybridized carbons (Fsp3) is 0.421. The molecule has 1 aliphatic carbocycles. The number of aliphatic hydroxyl groups is 1. The number of hydrogen-bond donors (Lipinski definition) is 2. The van der Waals surface area contributed by atoms with Crippen molar-refractivity contribution in [3.63, 3.8) is 0 Å². The van der Waals surface area contributed by atoms with Crippen LogP contribution < -0.4 is 5.32 Å². The third-order valence-corrected chi connectivity index (χ3v) is 4.34. The summed E-state index contributed by atoms with van der Waals surface area (Å²) in [4.78, 5) is 12.2. The van der Waals surface area contributed by atoms with Gasteiger partial charge in [-0.15, -0.1) is 0 Å². The second kappa shape index (κ2) is 8.20.